The molecule has 1 aromatic rings. The highest BCUT2D eigenvalue weighted by Crippen LogP contribution is 2.28. The minimum atomic E-state index is -1.47. The number of rotatable bonds is 5. The number of carboxylic acid groups (broad SMARTS) is 1. The Morgan fingerprint density at radius 2 is 2.20 bits per heavy atom. The molecule has 0 radical (unpaired) electrons. The number of amides is 1. The van der Waals surface area contributed by atoms with Crippen molar-refractivity contribution in [2.24, 2.45) is 0 Å². The second-order valence-electron chi connectivity index (χ2n) is 4.98. The lowest BCUT2D eigenvalue weighted by Gasteiger charge is -2.26. The van der Waals surface area contributed by atoms with Crippen molar-refractivity contribution in [3.05, 3.63) is 29.8 Å². The van der Waals surface area contributed by atoms with E-state index in [2.05, 4.69) is 5.32 Å². The third kappa shape index (κ3) is 2.75. The van der Waals surface area contributed by atoms with Crippen LogP contribution >= 0.6 is 0 Å². The Hall–Kier alpha value is -2.08. The number of para-hydroxylation sites is 1. The molecule has 1 aromatic carbocycles. The molecule has 0 bridgehead atoms. The van der Waals surface area contributed by atoms with Crippen molar-refractivity contribution < 1.29 is 24.2 Å². The molecule has 2 unspecified atom stereocenters. The summed E-state index contributed by atoms with van der Waals surface area (Å²) in [5.74, 6) is -0.942. The van der Waals surface area contributed by atoms with Crippen LogP contribution in [0.3, 0.4) is 0 Å². The average Bonchev–Trinajstić information content (AvgIpc) is 2.82. The van der Waals surface area contributed by atoms with Gasteiger partial charge in [-0.25, -0.2) is 4.79 Å². The number of carbonyl (C=O) groups excluding carboxylic acids is 1. The van der Waals surface area contributed by atoms with E-state index in [-0.39, 0.29) is 6.61 Å². The number of carboxylic acids is 1. The summed E-state index contributed by atoms with van der Waals surface area (Å²) in [6.07, 6.45) is -0.270. The van der Waals surface area contributed by atoms with Gasteiger partial charge in [-0.05, 0) is 18.6 Å². The Bertz CT molecular complexity index is 505. The molecule has 2 atom stereocenters. The fourth-order valence-corrected chi connectivity index (χ4v) is 2.12. The highest BCUT2D eigenvalue weighted by Gasteiger charge is 2.39. The molecule has 0 fully saturated rings. The van der Waals surface area contributed by atoms with Crippen molar-refractivity contribution in [1.29, 1.82) is 0 Å². The number of aliphatic carboxylic acids is 1. The third-order valence-corrected chi connectivity index (χ3v) is 3.24. The number of carbonyl (C=O) groups is 2. The fraction of sp³-hybridized carbons (Fsp3) is 0.429. The van der Waals surface area contributed by atoms with Crippen LogP contribution in [0.4, 0.5) is 0 Å². The van der Waals surface area contributed by atoms with Crippen LogP contribution < -0.4 is 10.1 Å². The summed E-state index contributed by atoms with van der Waals surface area (Å²) in [6, 6.07) is 7.36. The first-order valence-corrected chi connectivity index (χ1v) is 6.25. The molecule has 0 saturated heterocycles. The van der Waals surface area contributed by atoms with Crippen LogP contribution in [0.25, 0.3) is 0 Å². The molecular formula is C14H17NO5. The lowest BCUT2D eigenvalue weighted by molar-refractivity contribution is -0.150. The van der Waals surface area contributed by atoms with Gasteiger partial charge in [-0.3, -0.25) is 4.79 Å². The Kier molecular flexibility index (Phi) is 3.94. The normalized spacial score (nSPS) is 19.6. The van der Waals surface area contributed by atoms with Gasteiger partial charge < -0.3 is 19.9 Å². The minimum Gasteiger partial charge on any atom is -0.480 e. The van der Waals surface area contributed by atoms with Gasteiger partial charge in [-0.2, -0.15) is 0 Å². The molecule has 6 heteroatoms. The standard InChI is InChI=1S/C14H17NO5/c1-14(8-19-2,13(17)18)15-12(16)11-7-9-5-3-4-6-10(9)20-11/h3-6,11H,7-8H2,1-2H3,(H,15,16)(H,17,18). The summed E-state index contributed by atoms with van der Waals surface area (Å²) in [5.41, 5.74) is -0.527. The zero-order valence-electron chi connectivity index (χ0n) is 11.4. The van der Waals surface area contributed by atoms with Gasteiger partial charge >= 0.3 is 5.97 Å². The summed E-state index contributed by atoms with van der Waals surface area (Å²) in [5, 5.41) is 11.7. The molecular weight excluding hydrogens is 262 g/mol. The second kappa shape index (κ2) is 5.50. The SMILES string of the molecule is COCC(C)(NC(=O)C1Cc2ccccc2O1)C(=O)O. The molecule has 0 aromatic heterocycles. The maximum atomic E-state index is 12.2. The van der Waals surface area contributed by atoms with E-state index in [0.29, 0.717) is 12.2 Å². The summed E-state index contributed by atoms with van der Waals surface area (Å²) < 4.78 is 10.4. The monoisotopic (exact) mass is 279 g/mol. The van der Waals surface area contributed by atoms with Gasteiger partial charge in [0.1, 0.15) is 5.75 Å². The molecule has 2 N–H and O–H groups in total. The first-order chi connectivity index (χ1) is 9.46. The lowest BCUT2D eigenvalue weighted by Crippen LogP contribution is -2.58. The predicted molar refractivity (Wildman–Crippen MR) is 70.6 cm³/mol. The average molecular weight is 279 g/mol. The van der Waals surface area contributed by atoms with Crippen LogP contribution in [0.2, 0.25) is 0 Å². The van der Waals surface area contributed by atoms with Gasteiger partial charge in [0.05, 0.1) is 6.61 Å². The first kappa shape index (κ1) is 14.3. The van der Waals surface area contributed by atoms with Crippen LogP contribution in [0.15, 0.2) is 24.3 Å². The number of methoxy groups -OCH3 is 1. The first-order valence-electron chi connectivity index (χ1n) is 6.25. The van der Waals surface area contributed by atoms with Crippen LogP contribution in [0.5, 0.6) is 5.75 Å². The molecule has 20 heavy (non-hydrogen) atoms. The van der Waals surface area contributed by atoms with E-state index in [1.165, 1.54) is 14.0 Å². The highest BCUT2D eigenvalue weighted by atomic mass is 16.5. The summed E-state index contributed by atoms with van der Waals surface area (Å²) in [7, 11) is 1.38. The Morgan fingerprint density at radius 1 is 1.50 bits per heavy atom. The highest BCUT2D eigenvalue weighted by molar-refractivity contribution is 5.89. The Labute approximate surface area is 116 Å². The topological polar surface area (TPSA) is 84.9 Å². The third-order valence-electron chi connectivity index (χ3n) is 3.24. The van der Waals surface area contributed by atoms with Gasteiger partial charge in [0.25, 0.3) is 5.91 Å². The summed E-state index contributed by atoms with van der Waals surface area (Å²) >= 11 is 0. The molecule has 1 heterocycles. The molecule has 1 aliphatic rings. The van der Waals surface area contributed by atoms with E-state index in [9.17, 15) is 14.7 Å². The molecule has 6 nitrogen and oxygen atoms in total. The molecule has 1 aliphatic heterocycles. The van der Waals surface area contributed by atoms with Crippen molar-refractivity contribution >= 4 is 11.9 Å². The fourth-order valence-electron chi connectivity index (χ4n) is 2.12. The molecule has 0 saturated carbocycles. The van der Waals surface area contributed by atoms with E-state index in [1.807, 2.05) is 18.2 Å². The van der Waals surface area contributed by atoms with Crippen molar-refractivity contribution in [3.63, 3.8) is 0 Å². The van der Waals surface area contributed by atoms with Crippen molar-refractivity contribution in [3.8, 4) is 5.75 Å². The Balaban J connectivity index is 2.05. The number of fused-ring (bicyclic) bond motifs is 1. The number of ether oxygens (including phenoxy) is 2. The molecule has 1 amide bonds. The predicted octanol–water partition coefficient (Wildman–Crippen LogP) is 0.596. The number of nitrogens with one attached hydrogen (secondary N) is 1. The van der Waals surface area contributed by atoms with Gasteiger partial charge in [0, 0.05) is 13.5 Å². The maximum absolute atomic E-state index is 12.2. The quantitative estimate of drug-likeness (QED) is 0.824. The van der Waals surface area contributed by atoms with Crippen molar-refractivity contribution in [2.45, 2.75) is 25.0 Å². The zero-order chi connectivity index (χ0) is 14.8. The van der Waals surface area contributed by atoms with Crippen LogP contribution in [-0.4, -0.2) is 42.3 Å². The number of hydrogen-bond donors (Lipinski definition) is 2. The molecule has 0 aliphatic carbocycles. The smallest absolute Gasteiger partial charge is 0.331 e. The summed E-state index contributed by atoms with van der Waals surface area (Å²) in [4.78, 5) is 23.4. The number of hydrogen-bond acceptors (Lipinski definition) is 4. The van der Waals surface area contributed by atoms with Gasteiger partial charge in [0.2, 0.25) is 0 Å². The van der Waals surface area contributed by atoms with Crippen LogP contribution in [0, 0.1) is 0 Å². The zero-order valence-corrected chi connectivity index (χ0v) is 11.4. The molecule has 0 spiro atoms. The van der Waals surface area contributed by atoms with E-state index in [4.69, 9.17) is 9.47 Å². The van der Waals surface area contributed by atoms with E-state index >= 15 is 0 Å². The molecule has 2 rings (SSSR count). The summed E-state index contributed by atoms with van der Waals surface area (Å²) in [6.45, 7) is 1.28. The van der Waals surface area contributed by atoms with E-state index in [0.717, 1.165) is 5.56 Å². The lowest BCUT2D eigenvalue weighted by atomic mass is 10.0. The van der Waals surface area contributed by atoms with Crippen molar-refractivity contribution in [1.82, 2.24) is 5.32 Å². The van der Waals surface area contributed by atoms with Gasteiger partial charge in [-0.1, -0.05) is 18.2 Å². The second-order valence-corrected chi connectivity index (χ2v) is 4.98. The van der Waals surface area contributed by atoms with Gasteiger partial charge in [0.15, 0.2) is 11.6 Å². The van der Waals surface area contributed by atoms with Crippen molar-refractivity contribution in [2.75, 3.05) is 13.7 Å². The maximum Gasteiger partial charge on any atom is 0.331 e. The Morgan fingerprint density at radius 3 is 2.80 bits per heavy atom. The number of benzene rings is 1. The molecule has 108 valence electrons. The van der Waals surface area contributed by atoms with E-state index in [1.54, 1.807) is 6.07 Å². The largest absolute Gasteiger partial charge is 0.480 e. The van der Waals surface area contributed by atoms with Crippen LogP contribution in [0.1, 0.15) is 12.5 Å². The minimum absolute atomic E-state index is 0.117. The van der Waals surface area contributed by atoms with Crippen LogP contribution in [-0.2, 0) is 20.7 Å². The van der Waals surface area contributed by atoms with E-state index < -0.39 is 23.5 Å². The van der Waals surface area contributed by atoms with Gasteiger partial charge in [-0.15, -0.1) is 0 Å².